The number of carbonyl (C=O) groups excluding carboxylic acids is 1. The number of nitrogens with one attached hydrogen (secondary N) is 1. The summed E-state index contributed by atoms with van der Waals surface area (Å²) >= 11 is 0. The van der Waals surface area contributed by atoms with E-state index >= 15 is 0 Å². The van der Waals surface area contributed by atoms with Gasteiger partial charge in [0.15, 0.2) is 0 Å². The Labute approximate surface area is 96.4 Å². The predicted molar refractivity (Wildman–Crippen MR) is 65.9 cm³/mol. The van der Waals surface area contributed by atoms with Gasteiger partial charge in [-0.25, -0.2) is 0 Å². The maximum absolute atomic E-state index is 11.3. The van der Waals surface area contributed by atoms with E-state index in [0.29, 0.717) is 13.1 Å². The van der Waals surface area contributed by atoms with Crippen LogP contribution in [0.4, 0.5) is 5.69 Å². The number of benzene rings is 1. The minimum absolute atomic E-state index is 0.0499. The van der Waals surface area contributed by atoms with Crippen LogP contribution in [0.25, 0.3) is 0 Å². The fourth-order valence-electron chi connectivity index (χ4n) is 1.56. The summed E-state index contributed by atoms with van der Waals surface area (Å²) in [6.45, 7) is 3.71. The second kappa shape index (κ2) is 6.12. The third kappa shape index (κ3) is 4.31. The average Bonchev–Trinajstić information content (AvgIpc) is 2.17. The minimum atomic E-state index is 0.0499. The average molecular weight is 221 g/mol. The Morgan fingerprint density at radius 2 is 2.25 bits per heavy atom. The highest BCUT2D eigenvalue weighted by molar-refractivity contribution is 5.77. The van der Waals surface area contributed by atoms with Crippen molar-refractivity contribution in [1.29, 1.82) is 0 Å². The molecule has 0 atom stereocenters. The Kier molecular flexibility index (Phi) is 4.79. The van der Waals surface area contributed by atoms with E-state index in [1.807, 2.05) is 43.1 Å². The summed E-state index contributed by atoms with van der Waals surface area (Å²) in [4.78, 5) is 13.3. The normalized spacial score (nSPS) is 10.4. The second-order valence-electron chi connectivity index (χ2n) is 3.87. The lowest BCUT2D eigenvalue weighted by atomic mass is 10.2. The quantitative estimate of drug-likeness (QED) is 0.724. The highest BCUT2D eigenvalue weighted by Gasteiger charge is 2.05. The molecule has 0 radical (unpaired) electrons. The Hall–Kier alpha value is -1.55. The first kappa shape index (κ1) is 12.5. The summed E-state index contributed by atoms with van der Waals surface area (Å²) in [6.07, 6.45) is 0. The molecule has 1 aromatic carbocycles. The van der Waals surface area contributed by atoms with E-state index in [4.69, 9.17) is 5.73 Å². The lowest BCUT2D eigenvalue weighted by molar-refractivity contribution is -0.121. The van der Waals surface area contributed by atoms with Crippen LogP contribution in [-0.4, -0.2) is 30.9 Å². The maximum atomic E-state index is 11.3. The molecule has 0 fully saturated rings. The van der Waals surface area contributed by atoms with Gasteiger partial charge in [0.1, 0.15) is 0 Å². The standard InChI is InChI=1S/C12H19N3O/c1-3-14-12(16)9-15(2)8-10-5-4-6-11(13)7-10/h4-7H,3,8-9,13H2,1-2H3,(H,14,16). The van der Waals surface area contributed by atoms with Gasteiger partial charge < -0.3 is 11.1 Å². The summed E-state index contributed by atoms with van der Waals surface area (Å²) < 4.78 is 0. The van der Waals surface area contributed by atoms with Gasteiger partial charge in [-0.15, -0.1) is 0 Å². The molecular weight excluding hydrogens is 202 g/mol. The summed E-state index contributed by atoms with van der Waals surface area (Å²) in [5.74, 6) is 0.0499. The van der Waals surface area contributed by atoms with E-state index in [9.17, 15) is 4.79 Å². The molecule has 0 aliphatic rings. The van der Waals surface area contributed by atoms with Crippen molar-refractivity contribution in [2.24, 2.45) is 0 Å². The number of rotatable bonds is 5. The SMILES string of the molecule is CCNC(=O)CN(C)Cc1cccc(N)c1. The van der Waals surface area contributed by atoms with Gasteiger partial charge in [-0.2, -0.15) is 0 Å². The molecule has 0 aromatic heterocycles. The molecule has 0 saturated heterocycles. The van der Waals surface area contributed by atoms with Gasteiger partial charge in [0.05, 0.1) is 6.54 Å². The van der Waals surface area contributed by atoms with Crippen LogP contribution in [0.5, 0.6) is 0 Å². The molecule has 16 heavy (non-hydrogen) atoms. The zero-order valence-corrected chi connectivity index (χ0v) is 9.86. The van der Waals surface area contributed by atoms with Crippen LogP contribution in [0.15, 0.2) is 24.3 Å². The van der Waals surface area contributed by atoms with Crippen LogP contribution in [-0.2, 0) is 11.3 Å². The minimum Gasteiger partial charge on any atom is -0.399 e. The van der Waals surface area contributed by atoms with E-state index in [0.717, 1.165) is 17.8 Å². The second-order valence-corrected chi connectivity index (χ2v) is 3.87. The lowest BCUT2D eigenvalue weighted by Crippen LogP contribution is -2.34. The zero-order valence-electron chi connectivity index (χ0n) is 9.86. The number of hydrogen-bond donors (Lipinski definition) is 2. The molecule has 4 heteroatoms. The Morgan fingerprint density at radius 1 is 1.50 bits per heavy atom. The zero-order chi connectivity index (χ0) is 12.0. The van der Waals surface area contributed by atoms with Crippen molar-refractivity contribution in [2.45, 2.75) is 13.5 Å². The smallest absolute Gasteiger partial charge is 0.234 e. The molecule has 0 heterocycles. The molecule has 0 unspecified atom stereocenters. The number of likely N-dealkylation sites (N-methyl/N-ethyl adjacent to an activating group) is 2. The molecule has 0 spiro atoms. The molecule has 0 bridgehead atoms. The topological polar surface area (TPSA) is 58.4 Å². The van der Waals surface area contributed by atoms with Crippen molar-refractivity contribution in [1.82, 2.24) is 10.2 Å². The summed E-state index contributed by atoms with van der Waals surface area (Å²) in [6, 6.07) is 7.71. The number of nitrogens with two attached hydrogens (primary N) is 1. The molecule has 4 nitrogen and oxygen atoms in total. The van der Waals surface area contributed by atoms with Gasteiger partial charge >= 0.3 is 0 Å². The van der Waals surface area contributed by atoms with Crippen molar-refractivity contribution in [3.63, 3.8) is 0 Å². The number of nitrogens with zero attached hydrogens (tertiary/aromatic N) is 1. The molecule has 1 amide bonds. The molecule has 1 rings (SSSR count). The largest absolute Gasteiger partial charge is 0.399 e. The molecule has 3 N–H and O–H groups in total. The van der Waals surface area contributed by atoms with Gasteiger partial charge in [-0.05, 0) is 31.7 Å². The van der Waals surface area contributed by atoms with Crippen LogP contribution in [0.2, 0.25) is 0 Å². The number of amides is 1. The monoisotopic (exact) mass is 221 g/mol. The van der Waals surface area contributed by atoms with Crippen LogP contribution < -0.4 is 11.1 Å². The van der Waals surface area contributed by atoms with E-state index in [1.165, 1.54) is 0 Å². The molecule has 0 aliphatic carbocycles. The van der Waals surface area contributed by atoms with Crippen LogP contribution in [0.1, 0.15) is 12.5 Å². The number of nitrogen functional groups attached to an aromatic ring is 1. The fraction of sp³-hybridized carbons (Fsp3) is 0.417. The van der Waals surface area contributed by atoms with E-state index < -0.39 is 0 Å². The first-order chi connectivity index (χ1) is 7.61. The molecule has 0 saturated carbocycles. The maximum Gasteiger partial charge on any atom is 0.234 e. The van der Waals surface area contributed by atoms with Crippen LogP contribution >= 0.6 is 0 Å². The van der Waals surface area contributed by atoms with Crippen molar-refractivity contribution < 1.29 is 4.79 Å². The van der Waals surface area contributed by atoms with Crippen LogP contribution in [0, 0.1) is 0 Å². The van der Waals surface area contributed by atoms with Gasteiger partial charge in [-0.3, -0.25) is 9.69 Å². The molecule has 1 aromatic rings. The van der Waals surface area contributed by atoms with Crippen molar-refractivity contribution in [3.8, 4) is 0 Å². The first-order valence-electron chi connectivity index (χ1n) is 5.41. The molecule has 88 valence electrons. The Balaban J connectivity index is 2.45. The molecular formula is C12H19N3O. The first-order valence-corrected chi connectivity index (χ1v) is 5.41. The van der Waals surface area contributed by atoms with E-state index in [1.54, 1.807) is 0 Å². The highest BCUT2D eigenvalue weighted by atomic mass is 16.1. The van der Waals surface area contributed by atoms with Gasteiger partial charge in [0.25, 0.3) is 0 Å². The number of carbonyl (C=O) groups is 1. The Morgan fingerprint density at radius 3 is 2.88 bits per heavy atom. The highest BCUT2D eigenvalue weighted by Crippen LogP contribution is 2.08. The summed E-state index contributed by atoms with van der Waals surface area (Å²) in [5, 5.41) is 2.77. The number of hydrogen-bond acceptors (Lipinski definition) is 3. The van der Waals surface area contributed by atoms with Crippen molar-refractivity contribution >= 4 is 11.6 Å². The van der Waals surface area contributed by atoms with Gasteiger partial charge in [-0.1, -0.05) is 12.1 Å². The lowest BCUT2D eigenvalue weighted by Gasteiger charge is -2.16. The number of anilines is 1. The predicted octanol–water partition coefficient (Wildman–Crippen LogP) is 0.837. The van der Waals surface area contributed by atoms with Crippen molar-refractivity contribution in [2.75, 3.05) is 25.9 Å². The van der Waals surface area contributed by atoms with Crippen LogP contribution in [0.3, 0.4) is 0 Å². The Bertz CT molecular complexity index is 352. The van der Waals surface area contributed by atoms with E-state index in [-0.39, 0.29) is 5.91 Å². The third-order valence-electron chi connectivity index (χ3n) is 2.19. The van der Waals surface area contributed by atoms with Crippen molar-refractivity contribution in [3.05, 3.63) is 29.8 Å². The molecule has 0 aliphatic heterocycles. The van der Waals surface area contributed by atoms with E-state index in [2.05, 4.69) is 5.32 Å². The fourth-order valence-corrected chi connectivity index (χ4v) is 1.56. The van der Waals surface area contributed by atoms with Gasteiger partial charge in [0, 0.05) is 18.8 Å². The summed E-state index contributed by atoms with van der Waals surface area (Å²) in [5.41, 5.74) is 7.56. The summed E-state index contributed by atoms with van der Waals surface area (Å²) in [7, 11) is 1.92. The van der Waals surface area contributed by atoms with Gasteiger partial charge in [0.2, 0.25) is 5.91 Å². The third-order valence-corrected chi connectivity index (χ3v) is 2.19.